The summed E-state index contributed by atoms with van der Waals surface area (Å²) in [5, 5.41) is 0. The molecule has 0 spiro atoms. The zero-order valence-corrected chi connectivity index (χ0v) is 9.18. The Kier molecular flexibility index (Phi) is 4.86. The Hall–Kier alpha value is -2.03. The molecule has 1 rings (SSSR count). The van der Waals surface area contributed by atoms with Gasteiger partial charge in [0.2, 0.25) is 0 Å². The molecule has 0 saturated carbocycles. The summed E-state index contributed by atoms with van der Waals surface area (Å²) in [5.41, 5.74) is 0.954. The number of esters is 1. The van der Waals surface area contributed by atoms with E-state index in [2.05, 4.69) is 6.58 Å². The number of carbonyl (C=O) groups is 1. The molecule has 0 radical (unpaired) electrons. The molecule has 3 nitrogen and oxygen atoms in total. The van der Waals surface area contributed by atoms with Crippen LogP contribution in [0.2, 0.25) is 0 Å². The Morgan fingerprint density at radius 2 is 2.00 bits per heavy atom. The zero-order valence-electron chi connectivity index (χ0n) is 9.18. The molecule has 0 aromatic heterocycles. The van der Waals surface area contributed by atoms with Crippen LogP contribution in [-0.2, 0) is 20.9 Å². The minimum absolute atomic E-state index is 0.267. The smallest absolute Gasteiger partial charge is 0.331 e. The number of hydrogen-bond acceptors (Lipinski definition) is 3. The molecule has 0 heterocycles. The number of hydrogen-bond donors (Lipinski definition) is 0. The van der Waals surface area contributed by atoms with E-state index < -0.39 is 5.97 Å². The average molecular weight is 218 g/mol. The molecule has 0 fully saturated rings. The van der Waals surface area contributed by atoms with E-state index in [-0.39, 0.29) is 6.61 Å². The molecular weight excluding hydrogens is 204 g/mol. The van der Waals surface area contributed by atoms with Crippen molar-refractivity contribution in [2.45, 2.75) is 6.61 Å². The lowest BCUT2D eigenvalue weighted by molar-refractivity contribution is -0.139. The van der Waals surface area contributed by atoms with Gasteiger partial charge in [-0.3, -0.25) is 0 Å². The lowest BCUT2D eigenvalue weighted by Crippen LogP contribution is -2.00. The summed E-state index contributed by atoms with van der Waals surface area (Å²) in [4.78, 5) is 11.2. The molecule has 0 aliphatic heterocycles. The third-order valence-corrected chi connectivity index (χ3v) is 1.89. The third-order valence-electron chi connectivity index (χ3n) is 1.89. The second kappa shape index (κ2) is 6.45. The van der Waals surface area contributed by atoms with E-state index >= 15 is 0 Å². The molecule has 0 unspecified atom stereocenters. The molecule has 0 aliphatic carbocycles. The maximum atomic E-state index is 11.2. The van der Waals surface area contributed by atoms with Crippen LogP contribution in [0.4, 0.5) is 0 Å². The van der Waals surface area contributed by atoms with E-state index in [1.807, 2.05) is 30.3 Å². The van der Waals surface area contributed by atoms with Crippen LogP contribution < -0.4 is 0 Å². The Morgan fingerprint density at radius 3 is 2.62 bits per heavy atom. The highest BCUT2D eigenvalue weighted by atomic mass is 16.5. The molecule has 0 aliphatic rings. The van der Waals surface area contributed by atoms with Crippen molar-refractivity contribution in [2.75, 3.05) is 7.11 Å². The van der Waals surface area contributed by atoms with E-state index in [1.165, 1.54) is 19.3 Å². The van der Waals surface area contributed by atoms with Gasteiger partial charge in [0, 0.05) is 6.08 Å². The largest absolute Gasteiger partial charge is 0.497 e. The second-order valence-electron chi connectivity index (χ2n) is 3.10. The lowest BCUT2D eigenvalue weighted by atomic mass is 10.2. The van der Waals surface area contributed by atoms with Gasteiger partial charge in [-0.15, -0.1) is 0 Å². The van der Waals surface area contributed by atoms with Crippen LogP contribution in [-0.4, -0.2) is 13.1 Å². The molecule has 0 amide bonds. The van der Waals surface area contributed by atoms with E-state index in [4.69, 9.17) is 9.47 Å². The fraction of sp³-hybridized carbons (Fsp3) is 0.154. The zero-order chi connectivity index (χ0) is 11.8. The van der Waals surface area contributed by atoms with Crippen molar-refractivity contribution >= 4 is 5.97 Å². The summed E-state index contributed by atoms with van der Waals surface area (Å²) < 4.78 is 9.77. The Bertz CT molecular complexity index is 379. The van der Waals surface area contributed by atoms with Crippen LogP contribution in [0.3, 0.4) is 0 Å². The summed E-state index contributed by atoms with van der Waals surface area (Å²) in [7, 11) is 1.49. The van der Waals surface area contributed by atoms with Gasteiger partial charge in [-0.05, 0) is 11.6 Å². The van der Waals surface area contributed by atoms with E-state index in [0.29, 0.717) is 5.76 Å². The number of methoxy groups -OCH3 is 1. The van der Waals surface area contributed by atoms with Crippen LogP contribution >= 0.6 is 0 Å². The van der Waals surface area contributed by atoms with E-state index in [0.717, 1.165) is 5.56 Å². The highest BCUT2D eigenvalue weighted by molar-refractivity contribution is 5.82. The van der Waals surface area contributed by atoms with Crippen molar-refractivity contribution in [1.29, 1.82) is 0 Å². The number of rotatable bonds is 5. The highest BCUT2D eigenvalue weighted by Crippen LogP contribution is 2.01. The minimum Gasteiger partial charge on any atom is -0.497 e. The number of carbonyl (C=O) groups excluding carboxylic acids is 1. The SMILES string of the molecule is C=C(/C=C\C(=O)OCc1ccccc1)OC. The van der Waals surface area contributed by atoms with E-state index in [9.17, 15) is 4.79 Å². The second-order valence-corrected chi connectivity index (χ2v) is 3.10. The van der Waals surface area contributed by atoms with Crippen LogP contribution in [0.25, 0.3) is 0 Å². The van der Waals surface area contributed by atoms with Gasteiger partial charge in [0.15, 0.2) is 0 Å². The molecule has 1 aromatic rings. The lowest BCUT2D eigenvalue weighted by Gasteiger charge is -2.01. The van der Waals surface area contributed by atoms with Gasteiger partial charge in [0.25, 0.3) is 0 Å². The predicted octanol–water partition coefficient (Wildman–Crippen LogP) is 2.45. The van der Waals surface area contributed by atoms with Crippen molar-refractivity contribution in [2.24, 2.45) is 0 Å². The first-order chi connectivity index (χ1) is 7.72. The van der Waals surface area contributed by atoms with Gasteiger partial charge in [-0.2, -0.15) is 0 Å². The van der Waals surface area contributed by atoms with Gasteiger partial charge in [0.1, 0.15) is 12.4 Å². The summed E-state index contributed by atoms with van der Waals surface area (Å²) in [6.07, 6.45) is 2.75. The van der Waals surface area contributed by atoms with Crippen molar-refractivity contribution in [3.63, 3.8) is 0 Å². The molecule has 3 heteroatoms. The third kappa shape index (κ3) is 4.46. The van der Waals surface area contributed by atoms with Gasteiger partial charge < -0.3 is 9.47 Å². The predicted molar refractivity (Wildman–Crippen MR) is 61.5 cm³/mol. The van der Waals surface area contributed by atoms with Crippen LogP contribution in [0.1, 0.15) is 5.56 Å². The monoisotopic (exact) mass is 218 g/mol. The van der Waals surface area contributed by atoms with Crippen molar-refractivity contribution in [3.8, 4) is 0 Å². The molecule has 1 aromatic carbocycles. The first kappa shape index (κ1) is 12.0. The molecule has 0 atom stereocenters. The maximum Gasteiger partial charge on any atom is 0.331 e. The van der Waals surface area contributed by atoms with Crippen LogP contribution in [0, 0.1) is 0 Å². The highest BCUT2D eigenvalue weighted by Gasteiger charge is 1.98. The van der Waals surface area contributed by atoms with Crippen LogP contribution in [0.5, 0.6) is 0 Å². The molecule has 0 saturated heterocycles. The molecular formula is C13H14O3. The van der Waals surface area contributed by atoms with Crippen LogP contribution in [0.15, 0.2) is 54.8 Å². The van der Waals surface area contributed by atoms with Gasteiger partial charge in [0.05, 0.1) is 7.11 Å². The van der Waals surface area contributed by atoms with E-state index in [1.54, 1.807) is 0 Å². The fourth-order valence-corrected chi connectivity index (χ4v) is 1.01. The Morgan fingerprint density at radius 1 is 1.31 bits per heavy atom. The normalized spacial score (nSPS) is 10.1. The summed E-state index contributed by atoms with van der Waals surface area (Å²) in [6.45, 7) is 3.81. The molecule has 16 heavy (non-hydrogen) atoms. The molecule has 84 valence electrons. The standard InChI is InChI=1S/C13H14O3/c1-11(15-2)8-9-13(14)16-10-12-6-4-3-5-7-12/h3-9H,1,10H2,2H3/b9-8-. The van der Waals surface area contributed by atoms with Crippen molar-refractivity contribution in [3.05, 3.63) is 60.4 Å². The maximum absolute atomic E-state index is 11.2. The topological polar surface area (TPSA) is 35.5 Å². The number of ether oxygens (including phenoxy) is 2. The summed E-state index contributed by atoms with van der Waals surface area (Å²) in [6, 6.07) is 9.49. The fourth-order valence-electron chi connectivity index (χ4n) is 1.01. The van der Waals surface area contributed by atoms with Gasteiger partial charge >= 0.3 is 5.97 Å². The summed E-state index contributed by atoms with van der Waals surface area (Å²) in [5.74, 6) is -0.00119. The number of allylic oxidation sites excluding steroid dienone is 1. The van der Waals surface area contributed by atoms with Gasteiger partial charge in [-0.25, -0.2) is 4.79 Å². The summed E-state index contributed by atoms with van der Waals surface area (Å²) >= 11 is 0. The average Bonchev–Trinajstić information content (AvgIpc) is 2.34. The Balaban J connectivity index is 2.36. The van der Waals surface area contributed by atoms with Crippen molar-refractivity contribution < 1.29 is 14.3 Å². The first-order valence-electron chi connectivity index (χ1n) is 4.84. The van der Waals surface area contributed by atoms with Crippen molar-refractivity contribution in [1.82, 2.24) is 0 Å². The minimum atomic E-state index is -0.415. The first-order valence-corrected chi connectivity index (χ1v) is 4.84. The van der Waals surface area contributed by atoms with Gasteiger partial charge in [-0.1, -0.05) is 36.9 Å². The quantitative estimate of drug-likeness (QED) is 0.329. The molecule has 0 bridgehead atoms. The Labute approximate surface area is 95.0 Å². The number of benzene rings is 1. The molecule has 0 N–H and O–H groups in total.